The summed E-state index contributed by atoms with van der Waals surface area (Å²) in [5, 5.41) is 0. The summed E-state index contributed by atoms with van der Waals surface area (Å²) < 4.78 is 44.1. The second-order valence-corrected chi connectivity index (χ2v) is 19.3. The van der Waals surface area contributed by atoms with Gasteiger partial charge in [-0.3, -0.25) is 4.55 Å². The van der Waals surface area contributed by atoms with Crippen LogP contribution >= 0.6 is 0 Å². The van der Waals surface area contributed by atoms with Crippen LogP contribution in [-0.2, 0) is 19.6 Å². The topological polar surface area (TPSA) is 107 Å². The van der Waals surface area contributed by atoms with Gasteiger partial charge in [0.15, 0.2) is 0 Å². The van der Waals surface area contributed by atoms with Crippen LogP contribution in [0.3, 0.4) is 0 Å². The molecule has 358 valence electrons. The molecule has 0 bridgehead atoms. The predicted octanol–water partition coefficient (Wildman–Crippen LogP) is 17.2. The molecule has 0 amide bonds. The highest BCUT2D eigenvalue weighted by Crippen LogP contribution is 2.20. The standard InChI is InChI=1S/C54H94O7S/c1-3-5-7-9-11-13-15-17-19-21-23-25-27-29-31-33-35-37-39-41-43-47-60-53(55)51-46-45-50(62(57,58)59)49-52(51)54(56)61-48-44-42-40-38-36-34-32-30-28-26-24-22-20-18-16-14-12-10-8-6-4-2/h27-30,45-46,49H,3-26,31-44,47-48H2,1-2H3,(H,57,58,59)/b29-27+,30-28+. The van der Waals surface area contributed by atoms with Crippen molar-refractivity contribution >= 4 is 22.1 Å². The van der Waals surface area contributed by atoms with Gasteiger partial charge in [-0.05, 0) is 82.4 Å². The number of carbonyl (C=O) groups excluding carboxylic acids is 2. The summed E-state index contributed by atoms with van der Waals surface area (Å²) in [5.41, 5.74) is -0.277. The molecule has 8 heteroatoms. The molecule has 0 heterocycles. The minimum Gasteiger partial charge on any atom is -0.462 e. The summed E-state index contributed by atoms with van der Waals surface area (Å²) >= 11 is 0. The van der Waals surface area contributed by atoms with Gasteiger partial charge in [0.2, 0.25) is 0 Å². The summed E-state index contributed by atoms with van der Waals surface area (Å²) in [6.07, 6.45) is 56.8. The van der Waals surface area contributed by atoms with Gasteiger partial charge in [0.25, 0.3) is 10.1 Å². The zero-order chi connectivity index (χ0) is 45.0. The second-order valence-electron chi connectivity index (χ2n) is 17.9. The Bertz CT molecular complexity index is 1370. The Labute approximate surface area is 382 Å². The van der Waals surface area contributed by atoms with Crippen molar-refractivity contribution in [2.45, 2.75) is 263 Å². The molecule has 0 atom stereocenters. The molecule has 0 saturated carbocycles. The third-order valence-corrected chi connectivity index (χ3v) is 12.9. The third-order valence-electron chi connectivity index (χ3n) is 12.0. The average molecular weight is 887 g/mol. The van der Waals surface area contributed by atoms with E-state index in [4.69, 9.17) is 9.47 Å². The maximum Gasteiger partial charge on any atom is 0.339 e. The summed E-state index contributed by atoms with van der Waals surface area (Å²) in [7, 11) is -4.57. The van der Waals surface area contributed by atoms with Crippen molar-refractivity contribution in [3.63, 3.8) is 0 Å². The number of hydrogen-bond acceptors (Lipinski definition) is 6. The van der Waals surface area contributed by atoms with E-state index in [1.54, 1.807) is 0 Å². The third kappa shape index (κ3) is 35.0. The van der Waals surface area contributed by atoms with Crippen molar-refractivity contribution in [1.82, 2.24) is 0 Å². The van der Waals surface area contributed by atoms with Crippen LogP contribution in [0.4, 0.5) is 0 Å². The van der Waals surface area contributed by atoms with E-state index in [-0.39, 0.29) is 24.3 Å². The molecule has 0 aliphatic heterocycles. The van der Waals surface area contributed by atoms with Crippen molar-refractivity contribution in [1.29, 1.82) is 0 Å². The molecule has 0 aliphatic carbocycles. The molecular weight excluding hydrogens is 793 g/mol. The lowest BCUT2D eigenvalue weighted by atomic mass is 10.0. The van der Waals surface area contributed by atoms with E-state index >= 15 is 0 Å². The lowest BCUT2D eigenvalue weighted by molar-refractivity contribution is 0.0450. The summed E-state index contributed by atoms with van der Waals surface area (Å²) in [6.45, 7) is 4.93. The molecule has 62 heavy (non-hydrogen) atoms. The van der Waals surface area contributed by atoms with Crippen LogP contribution in [0.5, 0.6) is 0 Å². The van der Waals surface area contributed by atoms with Gasteiger partial charge in [-0.25, -0.2) is 9.59 Å². The Balaban J connectivity index is 2.14. The van der Waals surface area contributed by atoms with E-state index < -0.39 is 27.0 Å². The quantitative estimate of drug-likeness (QED) is 0.0301. The van der Waals surface area contributed by atoms with Crippen LogP contribution < -0.4 is 0 Å². The number of rotatable bonds is 45. The molecular formula is C54H94O7S. The van der Waals surface area contributed by atoms with Crippen molar-refractivity contribution in [3.05, 3.63) is 53.6 Å². The highest BCUT2D eigenvalue weighted by atomic mass is 32.2. The first kappa shape index (κ1) is 57.6. The fourth-order valence-electron chi connectivity index (χ4n) is 7.98. The van der Waals surface area contributed by atoms with Crippen molar-refractivity contribution in [3.8, 4) is 0 Å². The smallest absolute Gasteiger partial charge is 0.339 e. The number of esters is 2. The Morgan fingerprint density at radius 2 is 0.694 bits per heavy atom. The maximum atomic E-state index is 13.0. The highest BCUT2D eigenvalue weighted by Gasteiger charge is 2.23. The molecule has 0 spiro atoms. The van der Waals surface area contributed by atoms with Gasteiger partial charge >= 0.3 is 11.9 Å². The lowest BCUT2D eigenvalue weighted by Crippen LogP contribution is -2.16. The molecule has 0 unspecified atom stereocenters. The number of hydrogen-bond donors (Lipinski definition) is 1. The fourth-order valence-corrected chi connectivity index (χ4v) is 8.49. The number of unbranched alkanes of at least 4 members (excludes halogenated alkanes) is 34. The predicted molar refractivity (Wildman–Crippen MR) is 262 cm³/mol. The number of allylic oxidation sites excluding steroid dienone is 4. The minimum atomic E-state index is -4.57. The van der Waals surface area contributed by atoms with Gasteiger partial charge in [0.05, 0.1) is 29.2 Å². The minimum absolute atomic E-state index is 0.0631. The maximum absolute atomic E-state index is 13.0. The van der Waals surface area contributed by atoms with E-state index in [1.165, 1.54) is 186 Å². The summed E-state index contributed by atoms with van der Waals surface area (Å²) in [6, 6.07) is 3.31. The molecule has 7 nitrogen and oxygen atoms in total. The van der Waals surface area contributed by atoms with Gasteiger partial charge in [0.1, 0.15) is 0 Å². The molecule has 0 fully saturated rings. The van der Waals surface area contributed by atoms with Crippen molar-refractivity contribution in [2.24, 2.45) is 0 Å². The van der Waals surface area contributed by atoms with E-state index in [0.29, 0.717) is 12.8 Å². The van der Waals surface area contributed by atoms with E-state index in [0.717, 1.165) is 63.5 Å². The Morgan fingerprint density at radius 1 is 0.419 bits per heavy atom. The molecule has 1 aromatic rings. The number of ether oxygens (including phenoxy) is 2. The zero-order valence-electron chi connectivity index (χ0n) is 40.1. The molecule has 0 aromatic heterocycles. The Hall–Kier alpha value is -2.45. The van der Waals surface area contributed by atoms with Crippen LogP contribution in [0, 0.1) is 0 Å². The zero-order valence-corrected chi connectivity index (χ0v) is 40.9. The van der Waals surface area contributed by atoms with Crippen LogP contribution in [0.1, 0.15) is 279 Å². The molecule has 0 radical (unpaired) electrons. The Morgan fingerprint density at radius 3 is 1.00 bits per heavy atom. The van der Waals surface area contributed by atoms with Gasteiger partial charge in [-0.15, -0.1) is 0 Å². The normalized spacial score (nSPS) is 11.9. The van der Waals surface area contributed by atoms with Crippen molar-refractivity contribution in [2.75, 3.05) is 13.2 Å². The number of carbonyl (C=O) groups is 2. The van der Waals surface area contributed by atoms with Crippen LogP contribution in [0.15, 0.2) is 47.4 Å². The molecule has 0 saturated heterocycles. The van der Waals surface area contributed by atoms with Gasteiger partial charge < -0.3 is 9.47 Å². The Kier molecular flexibility index (Phi) is 39.5. The van der Waals surface area contributed by atoms with Gasteiger partial charge in [0, 0.05) is 0 Å². The first-order valence-corrected chi connectivity index (χ1v) is 27.5. The van der Waals surface area contributed by atoms with Crippen LogP contribution in [0.25, 0.3) is 0 Å². The second kappa shape index (κ2) is 42.5. The first-order chi connectivity index (χ1) is 30.3. The van der Waals surface area contributed by atoms with E-state index in [9.17, 15) is 22.6 Å². The monoisotopic (exact) mass is 887 g/mol. The summed E-state index contributed by atoms with van der Waals surface area (Å²) in [5.74, 6) is -1.51. The lowest BCUT2D eigenvalue weighted by Gasteiger charge is -2.11. The first-order valence-electron chi connectivity index (χ1n) is 26.1. The van der Waals surface area contributed by atoms with Gasteiger partial charge in [-0.2, -0.15) is 8.42 Å². The molecule has 1 aromatic carbocycles. The van der Waals surface area contributed by atoms with Crippen molar-refractivity contribution < 1.29 is 32.0 Å². The molecule has 1 N–H and O–H groups in total. The average Bonchev–Trinajstić information content (AvgIpc) is 3.26. The summed E-state index contributed by atoms with van der Waals surface area (Å²) in [4.78, 5) is 25.5. The number of benzene rings is 1. The van der Waals surface area contributed by atoms with Crippen LogP contribution in [0.2, 0.25) is 0 Å². The van der Waals surface area contributed by atoms with Gasteiger partial charge in [-0.1, -0.05) is 218 Å². The molecule has 1 rings (SSSR count). The van der Waals surface area contributed by atoms with Crippen LogP contribution in [-0.4, -0.2) is 38.1 Å². The fraction of sp³-hybridized carbons (Fsp3) is 0.778. The molecule has 0 aliphatic rings. The largest absolute Gasteiger partial charge is 0.462 e. The van der Waals surface area contributed by atoms with E-state index in [1.807, 2.05) is 0 Å². The van der Waals surface area contributed by atoms with E-state index in [2.05, 4.69) is 38.2 Å². The SMILES string of the molecule is CCCCCCCCCCCCC/C=C/CCCCCCCCOC(=O)c1ccc(S(=O)(=O)O)cc1C(=O)OCCCCCCCC/C=C/CCCCCCCCCCCCC. The highest BCUT2D eigenvalue weighted by molar-refractivity contribution is 7.85.